The number of aromatic nitrogens is 2. The topological polar surface area (TPSA) is 76.5 Å². The van der Waals surface area contributed by atoms with Gasteiger partial charge in [-0.3, -0.25) is 14.3 Å². The molecule has 0 unspecified atom stereocenters. The Morgan fingerprint density at radius 3 is 2.93 bits per heavy atom. The first-order valence-corrected chi connectivity index (χ1v) is 10.1. The van der Waals surface area contributed by atoms with E-state index in [9.17, 15) is 9.59 Å². The third kappa shape index (κ3) is 4.18. The molecule has 7 heteroatoms. The summed E-state index contributed by atoms with van der Waals surface area (Å²) in [5, 5.41) is 7.29. The van der Waals surface area contributed by atoms with E-state index in [-0.39, 0.29) is 23.8 Å². The van der Waals surface area contributed by atoms with Crippen molar-refractivity contribution in [2.24, 2.45) is 13.0 Å². The first-order valence-electron chi connectivity index (χ1n) is 10.1. The number of likely N-dealkylation sites (tertiary alicyclic amines) is 1. The Hall–Kier alpha value is -3.09. The minimum atomic E-state index is -0.119. The van der Waals surface area contributed by atoms with Crippen molar-refractivity contribution in [2.75, 3.05) is 19.7 Å². The number of allylic oxidation sites excluding steroid dienone is 1. The van der Waals surface area contributed by atoms with Crippen molar-refractivity contribution < 1.29 is 14.3 Å². The molecule has 0 saturated carbocycles. The number of rotatable bonds is 1. The highest BCUT2D eigenvalue weighted by molar-refractivity contribution is 5.97. The lowest BCUT2D eigenvalue weighted by molar-refractivity contribution is 0.0609. The second kappa shape index (κ2) is 8.51. The maximum absolute atomic E-state index is 12.9. The van der Waals surface area contributed by atoms with E-state index >= 15 is 0 Å². The fraction of sp³-hybridized carbons (Fsp3) is 0.409. The molecule has 2 aromatic rings. The normalized spacial score (nSPS) is 23.5. The van der Waals surface area contributed by atoms with E-state index < -0.39 is 0 Å². The van der Waals surface area contributed by atoms with Gasteiger partial charge in [0.05, 0.1) is 12.2 Å². The van der Waals surface area contributed by atoms with Crippen LogP contribution < -0.4 is 10.1 Å². The van der Waals surface area contributed by atoms with E-state index in [2.05, 4.69) is 22.6 Å². The van der Waals surface area contributed by atoms with Crippen molar-refractivity contribution in [1.82, 2.24) is 20.0 Å². The summed E-state index contributed by atoms with van der Waals surface area (Å²) < 4.78 is 7.40. The van der Waals surface area contributed by atoms with Crippen LogP contribution in [-0.4, -0.2) is 52.2 Å². The Morgan fingerprint density at radius 2 is 2.10 bits per heavy atom. The summed E-state index contributed by atoms with van der Waals surface area (Å²) in [4.78, 5) is 27.7. The standard InChI is InChI=1S/C22H26N4O3/c1-25-19(10-12-23-25)22(28)26-13-11-18-16(15-26)7-3-2-6-14-29-20-9-5-4-8-17(20)21(27)24-18/h2-5,8-10,12,16,18H,6-7,11,13-15H2,1H3,(H,24,27)/b3-2+/t16-,18+/m0/s1. The van der Waals surface area contributed by atoms with Gasteiger partial charge in [0, 0.05) is 38.3 Å². The summed E-state index contributed by atoms with van der Waals surface area (Å²) in [5.74, 6) is 0.642. The number of aryl methyl sites for hydroxylation is 1. The first kappa shape index (κ1) is 19.2. The van der Waals surface area contributed by atoms with Gasteiger partial charge in [0.15, 0.2) is 0 Å². The second-order valence-corrected chi connectivity index (χ2v) is 7.56. The molecule has 0 spiro atoms. The highest BCUT2D eigenvalue weighted by Crippen LogP contribution is 2.25. The van der Waals surface area contributed by atoms with E-state index in [1.807, 2.05) is 23.1 Å². The SMILES string of the molecule is Cn1nccc1C(=O)N1CC[C@H]2NC(=O)c3ccccc3OCC/C=C/C[C@H]2C1. The molecule has 1 saturated heterocycles. The fourth-order valence-corrected chi connectivity index (χ4v) is 4.04. The molecular weight excluding hydrogens is 368 g/mol. The zero-order chi connectivity index (χ0) is 20.2. The van der Waals surface area contributed by atoms with E-state index in [0.717, 1.165) is 19.3 Å². The molecule has 2 aliphatic heterocycles. The maximum atomic E-state index is 12.9. The van der Waals surface area contributed by atoms with E-state index in [1.165, 1.54) is 0 Å². The number of para-hydroxylation sites is 1. The van der Waals surface area contributed by atoms with Gasteiger partial charge in [-0.15, -0.1) is 0 Å². The van der Waals surface area contributed by atoms with Gasteiger partial charge in [0.25, 0.3) is 11.8 Å². The van der Waals surface area contributed by atoms with Crippen LogP contribution in [0.4, 0.5) is 0 Å². The van der Waals surface area contributed by atoms with Gasteiger partial charge >= 0.3 is 0 Å². The Bertz CT molecular complexity index is 920. The average Bonchev–Trinajstić information content (AvgIpc) is 3.16. The molecule has 4 rings (SSSR count). The number of piperidine rings is 1. The molecule has 1 aromatic heterocycles. The Morgan fingerprint density at radius 1 is 1.24 bits per heavy atom. The van der Waals surface area contributed by atoms with Crippen LogP contribution in [0.15, 0.2) is 48.7 Å². The molecule has 2 aliphatic rings. The van der Waals surface area contributed by atoms with Gasteiger partial charge in [-0.25, -0.2) is 0 Å². The van der Waals surface area contributed by atoms with Crippen LogP contribution in [0.2, 0.25) is 0 Å². The van der Waals surface area contributed by atoms with E-state index in [1.54, 1.807) is 30.1 Å². The Balaban J connectivity index is 1.53. The van der Waals surface area contributed by atoms with Crippen LogP contribution in [0.1, 0.15) is 40.1 Å². The quantitative estimate of drug-likeness (QED) is 0.754. The molecule has 2 amide bonds. The molecule has 1 fully saturated rings. The maximum Gasteiger partial charge on any atom is 0.272 e. The summed E-state index contributed by atoms with van der Waals surface area (Å²) in [7, 11) is 1.78. The molecule has 2 atom stereocenters. The predicted octanol–water partition coefficient (Wildman–Crippen LogP) is 2.41. The van der Waals surface area contributed by atoms with Crippen LogP contribution >= 0.6 is 0 Å². The number of hydrogen-bond acceptors (Lipinski definition) is 4. The van der Waals surface area contributed by atoms with Crippen molar-refractivity contribution >= 4 is 11.8 Å². The zero-order valence-corrected chi connectivity index (χ0v) is 16.6. The lowest BCUT2D eigenvalue weighted by Crippen LogP contribution is -2.52. The first-order chi connectivity index (χ1) is 14.1. The number of ether oxygens (including phenoxy) is 1. The molecule has 1 N–H and O–H groups in total. The summed E-state index contributed by atoms with van der Waals surface area (Å²) >= 11 is 0. The molecule has 0 bridgehead atoms. The number of carbonyl (C=O) groups excluding carboxylic acids is 2. The summed E-state index contributed by atoms with van der Waals surface area (Å²) in [5.41, 5.74) is 1.14. The molecule has 3 heterocycles. The van der Waals surface area contributed by atoms with Crippen LogP contribution in [0.3, 0.4) is 0 Å². The molecule has 152 valence electrons. The van der Waals surface area contributed by atoms with Gasteiger partial charge in [-0.05, 0) is 37.5 Å². The Kier molecular flexibility index (Phi) is 5.64. The summed E-state index contributed by atoms with van der Waals surface area (Å²) in [6.45, 7) is 1.74. The van der Waals surface area contributed by atoms with Crippen molar-refractivity contribution in [3.63, 3.8) is 0 Å². The highest BCUT2D eigenvalue weighted by atomic mass is 16.5. The second-order valence-electron chi connectivity index (χ2n) is 7.56. The highest BCUT2D eigenvalue weighted by Gasteiger charge is 2.33. The number of hydrogen-bond donors (Lipinski definition) is 1. The van der Waals surface area contributed by atoms with Crippen LogP contribution in [0.25, 0.3) is 0 Å². The van der Waals surface area contributed by atoms with Gasteiger partial charge in [0.2, 0.25) is 0 Å². The number of benzene rings is 1. The lowest BCUT2D eigenvalue weighted by Gasteiger charge is -2.38. The van der Waals surface area contributed by atoms with Crippen LogP contribution in [0.5, 0.6) is 5.75 Å². The molecule has 0 radical (unpaired) electrons. The fourth-order valence-electron chi connectivity index (χ4n) is 4.04. The van der Waals surface area contributed by atoms with Crippen molar-refractivity contribution in [3.05, 3.63) is 59.9 Å². The molecule has 1 aromatic carbocycles. The minimum Gasteiger partial charge on any atom is -0.492 e. The van der Waals surface area contributed by atoms with Gasteiger partial charge in [-0.1, -0.05) is 24.3 Å². The molecule has 0 aliphatic carbocycles. The molecule has 29 heavy (non-hydrogen) atoms. The number of amides is 2. The monoisotopic (exact) mass is 394 g/mol. The lowest BCUT2D eigenvalue weighted by atomic mass is 9.88. The van der Waals surface area contributed by atoms with Gasteiger partial charge in [0.1, 0.15) is 11.4 Å². The summed E-state index contributed by atoms with van der Waals surface area (Å²) in [6.07, 6.45) is 8.20. The molecule has 7 nitrogen and oxygen atoms in total. The van der Waals surface area contributed by atoms with Crippen molar-refractivity contribution in [1.29, 1.82) is 0 Å². The summed E-state index contributed by atoms with van der Waals surface area (Å²) in [6, 6.07) is 9.10. The largest absolute Gasteiger partial charge is 0.492 e. The minimum absolute atomic E-state index is 0.00946. The van der Waals surface area contributed by atoms with Gasteiger partial charge < -0.3 is 15.0 Å². The van der Waals surface area contributed by atoms with E-state index in [4.69, 9.17) is 4.74 Å². The van der Waals surface area contributed by atoms with E-state index in [0.29, 0.717) is 36.7 Å². The number of nitrogens with zero attached hydrogens (tertiary/aromatic N) is 3. The Labute approximate surface area is 170 Å². The number of nitrogens with one attached hydrogen (secondary N) is 1. The average molecular weight is 394 g/mol. The predicted molar refractivity (Wildman–Crippen MR) is 109 cm³/mol. The smallest absolute Gasteiger partial charge is 0.272 e. The molecular formula is C22H26N4O3. The van der Waals surface area contributed by atoms with Crippen LogP contribution in [0, 0.1) is 5.92 Å². The third-order valence-electron chi connectivity index (χ3n) is 5.66. The zero-order valence-electron chi connectivity index (χ0n) is 16.6. The number of carbonyl (C=O) groups is 2. The van der Waals surface area contributed by atoms with Crippen molar-refractivity contribution in [2.45, 2.75) is 25.3 Å². The third-order valence-corrected chi connectivity index (χ3v) is 5.66. The van der Waals surface area contributed by atoms with Crippen LogP contribution in [-0.2, 0) is 7.05 Å². The number of fused-ring (bicyclic) bond motifs is 2. The van der Waals surface area contributed by atoms with Gasteiger partial charge in [-0.2, -0.15) is 5.10 Å². The van der Waals surface area contributed by atoms with Crippen molar-refractivity contribution in [3.8, 4) is 5.75 Å².